The topological polar surface area (TPSA) is 97.4 Å². The lowest BCUT2D eigenvalue weighted by atomic mass is 9.62. The summed E-state index contributed by atoms with van der Waals surface area (Å²) in [5.74, 6) is 0.150. The Morgan fingerprint density at radius 1 is 0.921 bits per heavy atom. The molecule has 0 fully saturated rings. The number of halogens is 1. The van der Waals surface area contributed by atoms with Gasteiger partial charge in [0.2, 0.25) is 0 Å². The van der Waals surface area contributed by atoms with E-state index < -0.39 is 5.54 Å². The van der Waals surface area contributed by atoms with Crippen LogP contribution in [-0.2, 0) is 23.2 Å². The van der Waals surface area contributed by atoms with Gasteiger partial charge in [0.1, 0.15) is 6.33 Å². The molecule has 190 valence electrons. The SMILES string of the molecule is CN1C(=O)[C@]2(CC(C)(Cc3ccc(-c4cncnc4)cc3)Cc3ccc(-c4cncc(Cl)c4)cc32)N=C1N. The van der Waals surface area contributed by atoms with Gasteiger partial charge in [0.05, 0.1) is 5.02 Å². The van der Waals surface area contributed by atoms with E-state index in [4.69, 9.17) is 22.3 Å². The third-order valence-corrected chi connectivity index (χ3v) is 7.89. The van der Waals surface area contributed by atoms with Crippen LogP contribution >= 0.6 is 11.6 Å². The highest BCUT2D eigenvalue weighted by molar-refractivity contribution is 6.30. The number of nitrogens with two attached hydrogens (primary N) is 1. The van der Waals surface area contributed by atoms with Crippen molar-refractivity contribution >= 4 is 23.5 Å². The van der Waals surface area contributed by atoms with Crippen LogP contribution in [0.2, 0.25) is 5.02 Å². The van der Waals surface area contributed by atoms with Gasteiger partial charge in [-0.3, -0.25) is 14.7 Å². The lowest BCUT2D eigenvalue weighted by molar-refractivity contribution is -0.132. The van der Waals surface area contributed by atoms with E-state index in [1.165, 1.54) is 16.8 Å². The van der Waals surface area contributed by atoms with Crippen LogP contribution in [-0.4, -0.2) is 38.8 Å². The first kappa shape index (κ1) is 24.2. The Hall–Kier alpha value is -4.10. The van der Waals surface area contributed by atoms with Crippen molar-refractivity contribution in [2.24, 2.45) is 16.1 Å². The van der Waals surface area contributed by atoms with Crippen LogP contribution in [0.15, 0.2) is 84.6 Å². The summed E-state index contributed by atoms with van der Waals surface area (Å²) in [6.45, 7) is 2.24. The Morgan fingerprint density at radius 2 is 1.63 bits per heavy atom. The van der Waals surface area contributed by atoms with Crippen molar-refractivity contribution in [3.05, 3.63) is 101 Å². The number of hydrogen-bond acceptors (Lipinski definition) is 6. The quantitative estimate of drug-likeness (QED) is 0.405. The molecule has 1 aliphatic carbocycles. The maximum atomic E-state index is 13.8. The van der Waals surface area contributed by atoms with Crippen LogP contribution in [0.5, 0.6) is 0 Å². The molecule has 1 amide bonds. The molecular weight excluding hydrogens is 496 g/mol. The molecule has 6 rings (SSSR count). The normalized spacial score (nSPS) is 22.4. The molecule has 0 bridgehead atoms. The molecule has 1 unspecified atom stereocenters. The maximum absolute atomic E-state index is 13.8. The van der Waals surface area contributed by atoms with Crippen molar-refractivity contribution in [1.29, 1.82) is 0 Å². The van der Waals surface area contributed by atoms with E-state index in [0.29, 0.717) is 11.4 Å². The first-order chi connectivity index (χ1) is 18.3. The molecule has 0 saturated heterocycles. The molecule has 2 aliphatic rings. The smallest absolute Gasteiger partial charge is 0.261 e. The molecule has 1 aliphatic heterocycles. The van der Waals surface area contributed by atoms with E-state index in [1.54, 1.807) is 19.4 Å². The number of aliphatic imine (C=N–C) groups is 1. The van der Waals surface area contributed by atoms with Crippen molar-refractivity contribution in [2.75, 3.05) is 7.05 Å². The molecule has 7 nitrogen and oxygen atoms in total. The summed E-state index contributed by atoms with van der Waals surface area (Å²) in [5.41, 5.74) is 12.0. The molecule has 2 N–H and O–H groups in total. The van der Waals surface area contributed by atoms with Crippen LogP contribution < -0.4 is 5.73 Å². The number of carbonyl (C=O) groups is 1. The Kier molecular flexibility index (Phi) is 5.76. The number of hydrogen-bond donors (Lipinski definition) is 1. The molecule has 1 spiro atoms. The zero-order chi connectivity index (χ0) is 26.5. The highest BCUT2D eigenvalue weighted by atomic mass is 35.5. The fourth-order valence-electron chi connectivity index (χ4n) is 5.97. The van der Waals surface area contributed by atoms with Crippen molar-refractivity contribution in [3.8, 4) is 22.3 Å². The fraction of sp³-hybridized carbons (Fsp3) is 0.233. The molecule has 4 aromatic rings. The van der Waals surface area contributed by atoms with Crippen LogP contribution in [0.25, 0.3) is 22.3 Å². The molecule has 3 heterocycles. The number of pyridine rings is 1. The van der Waals surface area contributed by atoms with E-state index in [-0.39, 0.29) is 17.3 Å². The summed E-state index contributed by atoms with van der Waals surface area (Å²) in [5, 5.41) is 0.562. The van der Waals surface area contributed by atoms with Gasteiger partial charge in [0.15, 0.2) is 11.5 Å². The lowest BCUT2D eigenvalue weighted by Crippen LogP contribution is -2.47. The predicted molar refractivity (Wildman–Crippen MR) is 148 cm³/mol. The molecule has 0 saturated carbocycles. The van der Waals surface area contributed by atoms with E-state index >= 15 is 0 Å². The summed E-state index contributed by atoms with van der Waals surface area (Å²) < 4.78 is 0. The second-order valence-corrected chi connectivity index (χ2v) is 11.1. The third-order valence-electron chi connectivity index (χ3n) is 7.68. The van der Waals surface area contributed by atoms with E-state index in [0.717, 1.165) is 46.2 Å². The van der Waals surface area contributed by atoms with Gasteiger partial charge in [-0.2, -0.15) is 0 Å². The Bertz CT molecular complexity index is 1570. The minimum atomic E-state index is -1.06. The van der Waals surface area contributed by atoms with E-state index in [1.807, 2.05) is 18.5 Å². The van der Waals surface area contributed by atoms with Gasteiger partial charge in [-0.25, -0.2) is 15.0 Å². The standard InChI is InChI=1S/C30H27ClN6O/c1-29(11-19-3-5-20(6-4-19)24-14-34-18-35-15-24)12-22-8-7-21(23-9-25(31)16-33-13-23)10-26(22)30(17-29)27(38)37(2)28(32)36-30/h3-10,13-16,18H,11-12,17H2,1-2H3,(H2,32,36)/t29?,30-/m1/s1. The van der Waals surface area contributed by atoms with E-state index in [2.05, 4.69) is 64.3 Å². The zero-order valence-electron chi connectivity index (χ0n) is 21.2. The number of amides is 1. The van der Waals surface area contributed by atoms with Crippen LogP contribution in [0.1, 0.15) is 30.0 Å². The number of aromatic nitrogens is 3. The van der Waals surface area contributed by atoms with Crippen LogP contribution in [0.4, 0.5) is 0 Å². The van der Waals surface area contributed by atoms with Gasteiger partial charge in [-0.15, -0.1) is 0 Å². The minimum Gasteiger partial charge on any atom is -0.369 e. The molecule has 38 heavy (non-hydrogen) atoms. The summed E-state index contributed by atoms with van der Waals surface area (Å²) in [6.07, 6.45) is 10.7. The monoisotopic (exact) mass is 522 g/mol. The molecule has 0 radical (unpaired) electrons. The molecule has 8 heteroatoms. The minimum absolute atomic E-state index is 0.0945. The largest absolute Gasteiger partial charge is 0.369 e. The van der Waals surface area contributed by atoms with Crippen molar-refractivity contribution in [1.82, 2.24) is 19.9 Å². The van der Waals surface area contributed by atoms with Gasteiger partial charge in [0.25, 0.3) is 5.91 Å². The van der Waals surface area contributed by atoms with Crippen LogP contribution in [0, 0.1) is 5.41 Å². The number of guanidine groups is 1. The first-order valence-corrected chi connectivity index (χ1v) is 12.9. The summed E-state index contributed by atoms with van der Waals surface area (Å²) in [4.78, 5) is 32.6. The van der Waals surface area contributed by atoms with Gasteiger partial charge in [-0.1, -0.05) is 54.9 Å². The fourth-order valence-corrected chi connectivity index (χ4v) is 6.15. The average Bonchev–Trinajstić information content (AvgIpc) is 3.12. The molecular formula is C30H27ClN6O. The summed E-state index contributed by atoms with van der Waals surface area (Å²) in [6, 6.07) is 16.6. The van der Waals surface area contributed by atoms with Gasteiger partial charge in [-0.05, 0) is 64.6 Å². The maximum Gasteiger partial charge on any atom is 0.261 e. The number of fused-ring (bicyclic) bond motifs is 2. The number of likely N-dealkylation sites (N-methyl/N-ethyl adjacent to an activating group) is 1. The number of nitrogens with zero attached hydrogens (tertiary/aromatic N) is 5. The highest BCUT2D eigenvalue weighted by Crippen LogP contribution is 2.51. The van der Waals surface area contributed by atoms with Crippen molar-refractivity contribution in [2.45, 2.75) is 31.7 Å². The molecule has 2 atom stereocenters. The number of carbonyl (C=O) groups excluding carboxylic acids is 1. The number of rotatable bonds is 4. The van der Waals surface area contributed by atoms with Crippen molar-refractivity contribution in [3.63, 3.8) is 0 Å². The summed E-state index contributed by atoms with van der Waals surface area (Å²) in [7, 11) is 1.69. The molecule has 2 aromatic carbocycles. The van der Waals surface area contributed by atoms with Crippen LogP contribution in [0.3, 0.4) is 0 Å². The summed E-state index contributed by atoms with van der Waals surface area (Å²) >= 11 is 6.21. The zero-order valence-corrected chi connectivity index (χ0v) is 22.0. The van der Waals surface area contributed by atoms with E-state index in [9.17, 15) is 4.79 Å². The van der Waals surface area contributed by atoms with Gasteiger partial charge in [0, 0.05) is 43.0 Å². The first-order valence-electron chi connectivity index (χ1n) is 12.5. The molecule has 2 aromatic heterocycles. The highest BCUT2D eigenvalue weighted by Gasteiger charge is 2.55. The second kappa shape index (κ2) is 9.03. The van der Waals surface area contributed by atoms with Crippen molar-refractivity contribution < 1.29 is 4.79 Å². The second-order valence-electron chi connectivity index (χ2n) is 10.6. The Morgan fingerprint density at radius 3 is 2.32 bits per heavy atom. The van der Waals surface area contributed by atoms with Gasteiger partial charge >= 0.3 is 0 Å². The average molecular weight is 523 g/mol. The van der Waals surface area contributed by atoms with Gasteiger partial charge < -0.3 is 5.73 Å². The Balaban J connectivity index is 1.38. The third kappa shape index (κ3) is 4.13. The lowest BCUT2D eigenvalue weighted by Gasteiger charge is -2.43. The predicted octanol–water partition coefficient (Wildman–Crippen LogP) is 5.04. The number of benzene rings is 2. The Labute approximate surface area is 226 Å².